The third-order valence-electron chi connectivity index (χ3n) is 3.72. The molecule has 1 aliphatic rings. The summed E-state index contributed by atoms with van der Waals surface area (Å²) in [5.41, 5.74) is 0.974. The molecule has 6 nitrogen and oxygen atoms in total. The van der Waals surface area contributed by atoms with E-state index in [-0.39, 0.29) is 4.90 Å². The SMILES string of the molecule is Cc1ccc(S(=O)(=O)N(C)C(=O)N2CCN(C)CC2)cc1. The van der Waals surface area contributed by atoms with E-state index in [0.717, 1.165) is 23.0 Å². The first-order chi connectivity index (χ1) is 9.82. The largest absolute Gasteiger partial charge is 0.333 e. The minimum absolute atomic E-state index is 0.137. The van der Waals surface area contributed by atoms with Gasteiger partial charge in [0.1, 0.15) is 0 Å². The molecule has 1 saturated heterocycles. The van der Waals surface area contributed by atoms with Crippen molar-refractivity contribution in [2.45, 2.75) is 11.8 Å². The number of urea groups is 1. The van der Waals surface area contributed by atoms with Crippen molar-refractivity contribution in [1.29, 1.82) is 0 Å². The molecule has 1 aromatic carbocycles. The maximum Gasteiger partial charge on any atom is 0.333 e. The van der Waals surface area contributed by atoms with E-state index in [2.05, 4.69) is 4.90 Å². The van der Waals surface area contributed by atoms with Crippen LogP contribution in [0.15, 0.2) is 29.2 Å². The number of rotatable bonds is 2. The minimum atomic E-state index is -3.79. The van der Waals surface area contributed by atoms with Gasteiger partial charge in [0.25, 0.3) is 10.0 Å². The van der Waals surface area contributed by atoms with Gasteiger partial charge in [0.15, 0.2) is 0 Å². The van der Waals surface area contributed by atoms with Crippen LogP contribution in [0.1, 0.15) is 5.56 Å². The van der Waals surface area contributed by atoms with E-state index in [9.17, 15) is 13.2 Å². The average molecular weight is 311 g/mol. The lowest BCUT2D eigenvalue weighted by molar-refractivity contribution is 0.144. The highest BCUT2D eigenvalue weighted by molar-refractivity contribution is 7.89. The van der Waals surface area contributed by atoms with E-state index < -0.39 is 16.1 Å². The monoisotopic (exact) mass is 311 g/mol. The first kappa shape index (κ1) is 15.8. The van der Waals surface area contributed by atoms with Gasteiger partial charge in [-0.15, -0.1) is 0 Å². The number of sulfonamides is 1. The summed E-state index contributed by atoms with van der Waals surface area (Å²) in [6.07, 6.45) is 0. The Morgan fingerprint density at radius 3 is 2.14 bits per heavy atom. The zero-order valence-corrected chi connectivity index (χ0v) is 13.4. The molecule has 116 valence electrons. The third-order valence-corrected chi connectivity index (χ3v) is 5.47. The second-order valence-electron chi connectivity index (χ2n) is 5.36. The summed E-state index contributed by atoms with van der Waals surface area (Å²) in [5.74, 6) is 0. The molecule has 2 amide bonds. The van der Waals surface area contributed by atoms with Crippen molar-refractivity contribution in [2.24, 2.45) is 0 Å². The average Bonchev–Trinajstić information content (AvgIpc) is 2.47. The van der Waals surface area contributed by atoms with Gasteiger partial charge in [-0.1, -0.05) is 17.7 Å². The molecular formula is C14H21N3O3S. The molecule has 0 radical (unpaired) electrons. The van der Waals surface area contributed by atoms with Crippen LogP contribution in [-0.4, -0.2) is 68.8 Å². The molecular weight excluding hydrogens is 290 g/mol. The number of carbonyl (C=O) groups is 1. The molecule has 21 heavy (non-hydrogen) atoms. The van der Waals surface area contributed by atoms with Crippen molar-refractivity contribution in [2.75, 3.05) is 40.3 Å². The normalized spacial score (nSPS) is 16.8. The number of piperazine rings is 1. The Labute approximate surface area is 126 Å². The van der Waals surface area contributed by atoms with E-state index in [4.69, 9.17) is 0 Å². The van der Waals surface area contributed by atoms with Crippen molar-refractivity contribution in [3.63, 3.8) is 0 Å². The summed E-state index contributed by atoms with van der Waals surface area (Å²) in [7, 11) is -0.493. The topological polar surface area (TPSA) is 60.9 Å². The van der Waals surface area contributed by atoms with Crippen LogP contribution >= 0.6 is 0 Å². The van der Waals surface area contributed by atoms with E-state index >= 15 is 0 Å². The van der Waals surface area contributed by atoms with Crippen molar-refractivity contribution in [3.05, 3.63) is 29.8 Å². The van der Waals surface area contributed by atoms with E-state index in [1.165, 1.54) is 19.2 Å². The molecule has 1 heterocycles. The molecule has 1 aliphatic heterocycles. The Kier molecular flexibility index (Phi) is 4.53. The van der Waals surface area contributed by atoms with E-state index in [1.807, 2.05) is 14.0 Å². The lowest BCUT2D eigenvalue weighted by Crippen LogP contribution is -2.52. The molecule has 0 N–H and O–H groups in total. The van der Waals surface area contributed by atoms with Gasteiger partial charge in [0.2, 0.25) is 0 Å². The molecule has 7 heteroatoms. The summed E-state index contributed by atoms with van der Waals surface area (Å²) < 4.78 is 25.8. The predicted octanol–water partition coefficient (Wildman–Crippen LogP) is 0.983. The highest BCUT2D eigenvalue weighted by Gasteiger charge is 2.30. The van der Waals surface area contributed by atoms with Crippen molar-refractivity contribution in [3.8, 4) is 0 Å². The number of likely N-dealkylation sites (N-methyl/N-ethyl adjacent to an activating group) is 1. The van der Waals surface area contributed by atoms with Crippen molar-refractivity contribution >= 4 is 16.1 Å². The zero-order chi connectivity index (χ0) is 15.6. The molecule has 2 rings (SSSR count). The molecule has 0 unspecified atom stereocenters. The predicted molar refractivity (Wildman–Crippen MR) is 80.6 cm³/mol. The van der Waals surface area contributed by atoms with Gasteiger partial charge in [-0.2, -0.15) is 0 Å². The van der Waals surface area contributed by atoms with Gasteiger partial charge in [-0.25, -0.2) is 17.5 Å². The molecule has 0 atom stereocenters. The van der Waals surface area contributed by atoms with Crippen molar-refractivity contribution in [1.82, 2.24) is 14.1 Å². The molecule has 1 fully saturated rings. The Bertz CT molecular complexity index is 605. The lowest BCUT2D eigenvalue weighted by Gasteiger charge is -2.34. The second-order valence-corrected chi connectivity index (χ2v) is 7.33. The van der Waals surface area contributed by atoms with Crippen LogP contribution in [0.3, 0.4) is 0 Å². The van der Waals surface area contributed by atoms with Gasteiger partial charge in [-0.05, 0) is 26.1 Å². The Balaban J connectivity index is 2.16. The fraction of sp³-hybridized carbons (Fsp3) is 0.500. The van der Waals surface area contributed by atoms with Gasteiger partial charge in [0, 0.05) is 33.2 Å². The fourth-order valence-corrected chi connectivity index (χ4v) is 3.29. The molecule has 0 aliphatic carbocycles. The molecule has 0 spiro atoms. The van der Waals surface area contributed by atoms with Crippen molar-refractivity contribution < 1.29 is 13.2 Å². The van der Waals surface area contributed by atoms with E-state index in [1.54, 1.807) is 17.0 Å². The van der Waals surface area contributed by atoms with Crippen LogP contribution in [0.2, 0.25) is 0 Å². The van der Waals surface area contributed by atoms with Gasteiger partial charge in [-0.3, -0.25) is 0 Å². The Morgan fingerprint density at radius 2 is 1.62 bits per heavy atom. The molecule has 0 saturated carbocycles. The Morgan fingerprint density at radius 1 is 1.10 bits per heavy atom. The van der Waals surface area contributed by atoms with E-state index in [0.29, 0.717) is 13.1 Å². The summed E-state index contributed by atoms with van der Waals surface area (Å²) >= 11 is 0. The number of aryl methyl sites for hydroxylation is 1. The molecule has 0 aromatic heterocycles. The highest BCUT2D eigenvalue weighted by Crippen LogP contribution is 2.17. The maximum absolute atomic E-state index is 12.5. The number of benzene rings is 1. The molecule has 1 aromatic rings. The van der Waals surface area contributed by atoms with Crippen LogP contribution in [0.4, 0.5) is 4.79 Å². The lowest BCUT2D eigenvalue weighted by atomic mass is 10.2. The van der Waals surface area contributed by atoms with Gasteiger partial charge >= 0.3 is 6.03 Å². The number of amides is 2. The zero-order valence-electron chi connectivity index (χ0n) is 12.6. The first-order valence-electron chi connectivity index (χ1n) is 6.85. The minimum Gasteiger partial charge on any atom is -0.321 e. The Hall–Kier alpha value is -1.60. The summed E-state index contributed by atoms with van der Waals surface area (Å²) in [6, 6.07) is 6.03. The highest BCUT2D eigenvalue weighted by atomic mass is 32.2. The van der Waals surface area contributed by atoms with Gasteiger partial charge < -0.3 is 9.80 Å². The third kappa shape index (κ3) is 3.36. The number of hydrogen-bond acceptors (Lipinski definition) is 4. The van der Waals surface area contributed by atoms with Crippen LogP contribution in [0, 0.1) is 6.92 Å². The fourth-order valence-electron chi connectivity index (χ4n) is 2.17. The molecule has 0 bridgehead atoms. The first-order valence-corrected chi connectivity index (χ1v) is 8.29. The summed E-state index contributed by atoms with van der Waals surface area (Å²) in [5, 5.41) is 0. The number of carbonyl (C=O) groups excluding carboxylic acids is 1. The smallest absolute Gasteiger partial charge is 0.321 e. The maximum atomic E-state index is 12.5. The second kappa shape index (κ2) is 6.03. The number of nitrogens with zero attached hydrogens (tertiary/aromatic N) is 3. The standard InChI is InChI=1S/C14H21N3O3S/c1-12-4-6-13(7-5-12)21(19,20)16(3)14(18)17-10-8-15(2)9-11-17/h4-7H,8-11H2,1-3H3. The van der Waals surface area contributed by atoms with Crippen LogP contribution in [0.25, 0.3) is 0 Å². The number of hydrogen-bond donors (Lipinski definition) is 0. The van der Waals surface area contributed by atoms with Crippen LogP contribution in [0.5, 0.6) is 0 Å². The quantitative estimate of drug-likeness (QED) is 0.817. The summed E-state index contributed by atoms with van der Waals surface area (Å²) in [4.78, 5) is 16.2. The van der Waals surface area contributed by atoms with Crippen LogP contribution < -0.4 is 0 Å². The van der Waals surface area contributed by atoms with Crippen LogP contribution in [-0.2, 0) is 10.0 Å². The van der Waals surface area contributed by atoms with Gasteiger partial charge in [0.05, 0.1) is 4.90 Å². The summed E-state index contributed by atoms with van der Waals surface area (Å²) in [6.45, 7) is 4.48.